The number of nitrogens with zero attached hydrogens (tertiary/aromatic N) is 1. The van der Waals surface area contributed by atoms with Crippen LogP contribution in [0.25, 0.3) is 0 Å². The molecule has 25 heavy (non-hydrogen) atoms. The number of halogens is 1. The van der Waals surface area contributed by atoms with Gasteiger partial charge < -0.3 is 15.0 Å². The zero-order valence-corrected chi connectivity index (χ0v) is 14.8. The van der Waals surface area contributed by atoms with E-state index in [1.54, 1.807) is 24.0 Å². The molecular formula is C19H19ClN2O3. The summed E-state index contributed by atoms with van der Waals surface area (Å²) in [4.78, 5) is 26.3. The fourth-order valence-electron chi connectivity index (χ4n) is 2.74. The molecule has 130 valence electrons. The largest absolute Gasteiger partial charge is 0.479 e. The van der Waals surface area contributed by atoms with Crippen LogP contribution in [0.1, 0.15) is 18.9 Å². The number of rotatable bonds is 4. The minimum absolute atomic E-state index is 0.148. The molecule has 2 amide bonds. The van der Waals surface area contributed by atoms with Gasteiger partial charge in [-0.05, 0) is 43.7 Å². The highest BCUT2D eigenvalue weighted by atomic mass is 35.5. The minimum Gasteiger partial charge on any atom is -0.479 e. The summed E-state index contributed by atoms with van der Waals surface area (Å²) in [5, 5.41) is 3.41. The number of carbonyl (C=O) groups excluding carboxylic acids is 2. The smallest absolute Gasteiger partial charge is 0.267 e. The van der Waals surface area contributed by atoms with E-state index >= 15 is 0 Å². The Bertz CT molecular complexity index is 822. The van der Waals surface area contributed by atoms with Crippen LogP contribution >= 0.6 is 11.6 Å². The lowest BCUT2D eigenvalue weighted by atomic mass is 10.1. The Morgan fingerprint density at radius 1 is 1.28 bits per heavy atom. The summed E-state index contributed by atoms with van der Waals surface area (Å²) in [5.74, 6) is 0.334. The molecule has 5 nitrogen and oxygen atoms in total. The molecule has 3 rings (SSSR count). The Hall–Kier alpha value is -2.53. The number of carbonyl (C=O) groups is 2. The van der Waals surface area contributed by atoms with Gasteiger partial charge in [-0.25, -0.2) is 0 Å². The standard InChI is InChI=1S/C19H19ClN2O3/c1-12-7-8-14(20)11-15(12)21-18(23)9-10-22-16-5-3-4-6-17(16)25-13(2)19(22)24/h3-8,11,13H,9-10H2,1-2H3,(H,21,23)/t13-/m1/s1. The number of nitrogens with one attached hydrogen (secondary N) is 1. The topological polar surface area (TPSA) is 58.6 Å². The third-order valence-corrected chi connectivity index (χ3v) is 4.34. The number of fused-ring (bicyclic) bond motifs is 1. The second-order valence-corrected chi connectivity index (χ2v) is 6.41. The van der Waals surface area contributed by atoms with Crippen molar-refractivity contribution in [2.75, 3.05) is 16.8 Å². The van der Waals surface area contributed by atoms with Crippen LogP contribution in [0.2, 0.25) is 5.02 Å². The van der Waals surface area contributed by atoms with Gasteiger partial charge in [0.2, 0.25) is 5.91 Å². The van der Waals surface area contributed by atoms with E-state index < -0.39 is 6.10 Å². The quantitative estimate of drug-likeness (QED) is 0.904. The van der Waals surface area contributed by atoms with E-state index in [0.29, 0.717) is 22.1 Å². The normalized spacial score (nSPS) is 16.2. The summed E-state index contributed by atoms with van der Waals surface area (Å²) in [5.41, 5.74) is 2.30. The highest BCUT2D eigenvalue weighted by molar-refractivity contribution is 6.31. The summed E-state index contributed by atoms with van der Waals surface area (Å²) < 4.78 is 5.60. The molecular weight excluding hydrogens is 340 g/mol. The Balaban J connectivity index is 1.69. The minimum atomic E-state index is -0.562. The number of amides is 2. The molecule has 2 aromatic rings. The lowest BCUT2D eigenvalue weighted by Gasteiger charge is -2.32. The number of hydrogen-bond acceptors (Lipinski definition) is 3. The molecule has 1 aliphatic heterocycles. The molecule has 0 fully saturated rings. The van der Waals surface area contributed by atoms with Gasteiger partial charge in [0.15, 0.2) is 6.10 Å². The summed E-state index contributed by atoms with van der Waals surface area (Å²) >= 11 is 5.97. The van der Waals surface area contributed by atoms with Gasteiger partial charge in [-0.15, -0.1) is 0 Å². The molecule has 1 N–H and O–H groups in total. The van der Waals surface area contributed by atoms with E-state index in [-0.39, 0.29) is 24.8 Å². The summed E-state index contributed by atoms with van der Waals surface area (Å²) in [7, 11) is 0. The van der Waals surface area contributed by atoms with Crippen LogP contribution in [0, 0.1) is 6.92 Å². The van der Waals surface area contributed by atoms with Gasteiger partial charge in [0.1, 0.15) is 5.75 Å². The van der Waals surface area contributed by atoms with E-state index in [4.69, 9.17) is 16.3 Å². The Morgan fingerprint density at radius 3 is 2.84 bits per heavy atom. The van der Waals surface area contributed by atoms with Crippen molar-refractivity contribution in [3.05, 3.63) is 53.1 Å². The second-order valence-electron chi connectivity index (χ2n) is 5.98. The van der Waals surface area contributed by atoms with Crippen LogP contribution < -0.4 is 15.0 Å². The average Bonchev–Trinajstić information content (AvgIpc) is 2.58. The van der Waals surface area contributed by atoms with Crippen molar-refractivity contribution >= 4 is 34.8 Å². The van der Waals surface area contributed by atoms with Crippen molar-refractivity contribution < 1.29 is 14.3 Å². The molecule has 1 heterocycles. The average molecular weight is 359 g/mol. The van der Waals surface area contributed by atoms with Crippen molar-refractivity contribution in [1.82, 2.24) is 0 Å². The first-order valence-electron chi connectivity index (χ1n) is 8.09. The van der Waals surface area contributed by atoms with Crippen molar-refractivity contribution in [3.63, 3.8) is 0 Å². The van der Waals surface area contributed by atoms with E-state index in [1.165, 1.54) is 0 Å². The predicted molar refractivity (Wildman–Crippen MR) is 98.3 cm³/mol. The number of ether oxygens (including phenoxy) is 1. The molecule has 0 spiro atoms. The maximum Gasteiger partial charge on any atom is 0.267 e. The van der Waals surface area contributed by atoms with Gasteiger partial charge in [0.05, 0.1) is 5.69 Å². The van der Waals surface area contributed by atoms with Crippen LogP contribution in [0.4, 0.5) is 11.4 Å². The number of hydrogen-bond donors (Lipinski definition) is 1. The van der Waals surface area contributed by atoms with Crippen molar-refractivity contribution in [1.29, 1.82) is 0 Å². The van der Waals surface area contributed by atoms with Gasteiger partial charge >= 0.3 is 0 Å². The van der Waals surface area contributed by atoms with Gasteiger partial charge in [-0.2, -0.15) is 0 Å². The van der Waals surface area contributed by atoms with Crippen LogP contribution in [0.3, 0.4) is 0 Å². The number of aryl methyl sites for hydroxylation is 1. The Kier molecular flexibility index (Phi) is 4.95. The molecule has 0 unspecified atom stereocenters. The van der Waals surface area contributed by atoms with E-state index in [2.05, 4.69) is 5.32 Å². The maximum absolute atomic E-state index is 12.4. The van der Waals surface area contributed by atoms with E-state index in [0.717, 1.165) is 5.56 Å². The van der Waals surface area contributed by atoms with Gasteiger partial charge in [0, 0.05) is 23.7 Å². The predicted octanol–water partition coefficient (Wildman–Crippen LogP) is 3.79. The van der Waals surface area contributed by atoms with Crippen LogP contribution in [-0.4, -0.2) is 24.5 Å². The Labute approximate surface area is 151 Å². The third-order valence-electron chi connectivity index (χ3n) is 4.11. The van der Waals surface area contributed by atoms with E-state index in [1.807, 2.05) is 37.3 Å². The monoisotopic (exact) mass is 358 g/mol. The number of para-hydroxylation sites is 2. The highest BCUT2D eigenvalue weighted by Crippen LogP contribution is 2.33. The highest BCUT2D eigenvalue weighted by Gasteiger charge is 2.31. The zero-order chi connectivity index (χ0) is 18.0. The first kappa shape index (κ1) is 17.3. The first-order chi connectivity index (χ1) is 12.0. The molecule has 1 atom stereocenters. The van der Waals surface area contributed by atoms with Crippen molar-refractivity contribution in [2.24, 2.45) is 0 Å². The van der Waals surface area contributed by atoms with Crippen molar-refractivity contribution in [3.8, 4) is 5.75 Å². The molecule has 0 bridgehead atoms. The fraction of sp³-hybridized carbons (Fsp3) is 0.263. The van der Waals surface area contributed by atoms with Gasteiger partial charge in [0.25, 0.3) is 5.91 Å². The molecule has 2 aromatic carbocycles. The van der Waals surface area contributed by atoms with Gasteiger partial charge in [-0.3, -0.25) is 9.59 Å². The molecule has 1 aliphatic rings. The van der Waals surface area contributed by atoms with Crippen LogP contribution in [-0.2, 0) is 9.59 Å². The molecule has 0 saturated carbocycles. The number of anilines is 2. The molecule has 0 saturated heterocycles. The molecule has 0 aliphatic carbocycles. The summed E-state index contributed by atoms with van der Waals surface area (Å²) in [6, 6.07) is 12.7. The molecule has 6 heteroatoms. The summed E-state index contributed by atoms with van der Waals surface area (Å²) in [6.45, 7) is 3.89. The Morgan fingerprint density at radius 2 is 2.04 bits per heavy atom. The molecule has 0 radical (unpaired) electrons. The molecule has 0 aromatic heterocycles. The SMILES string of the molecule is Cc1ccc(Cl)cc1NC(=O)CCN1C(=O)[C@@H](C)Oc2ccccc21. The zero-order valence-electron chi connectivity index (χ0n) is 14.1. The summed E-state index contributed by atoms with van der Waals surface area (Å²) in [6.07, 6.45) is -0.383. The van der Waals surface area contributed by atoms with Crippen LogP contribution in [0.5, 0.6) is 5.75 Å². The number of benzene rings is 2. The maximum atomic E-state index is 12.4. The van der Waals surface area contributed by atoms with Crippen molar-refractivity contribution in [2.45, 2.75) is 26.4 Å². The fourth-order valence-corrected chi connectivity index (χ4v) is 2.92. The first-order valence-corrected chi connectivity index (χ1v) is 8.46. The van der Waals surface area contributed by atoms with E-state index in [9.17, 15) is 9.59 Å². The second kappa shape index (κ2) is 7.15. The van der Waals surface area contributed by atoms with Gasteiger partial charge in [-0.1, -0.05) is 29.8 Å². The van der Waals surface area contributed by atoms with Crippen LogP contribution in [0.15, 0.2) is 42.5 Å². The lowest BCUT2D eigenvalue weighted by molar-refractivity contribution is -0.125. The lowest BCUT2D eigenvalue weighted by Crippen LogP contribution is -2.45. The third kappa shape index (κ3) is 3.77.